The number of amides is 1. The van der Waals surface area contributed by atoms with Crippen LogP contribution in [-0.4, -0.2) is 35.2 Å². The lowest BCUT2D eigenvalue weighted by Gasteiger charge is -2.08. The molecule has 13 heavy (non-hydrogen) atoms. The minimum absolute atomic E-state index is 0.181. The molecule has 1 fully saturated rings. The van der Waals surface area contributed by atoms with E-state index in [-0.39, 0.29) is 17.8 Å². The summed E-state index contributed by atoms with van der Waals surface area (Å²) in [4.78, 5) is 11.4. The molecule has 1 saturated heterocycles. The molecule has 3 nitrogen and oxygen atoms in total. The van der Waals surface area contributed by atoms with E-state index in [4.69, 9.17) is 5.11 Å². The van der Waals surface area contributed by atoms with E-state index in [2.05, 4.69) is 5.32 Å². The Hall–Kier alpha value is -0.220. The van der Waals surface area contributed by atoms with Crippen LogP contribution in [0.3, 0.4) is 0 Å². The van der Waals surface area contributed by atoms with E-state index in [1.807, 2.05) is 0 Å². The minimum Gasteiger partial charge on any atom is -0.396 e. The highest BCUT2D eigenvalue weighted by atomic mass is 32.2. The van der Waals surface area contributed by atoms with Crippen LogP contribution < -0.4 is 5.32 Å². The molecule has 0 aliphatic carbocycles. The lowest BCUT2D eigenvalue weighted by atomic mass is 10.2. The normalized spacial score (nSPS) is 21.8. The summed E-state index contributed by atoms with van der Waals surface area (Å²) < 4.78 is 0. The Bertz CT molecular complexity index is 158. The molecule has 1 heterocycles. The summed E-state index contributed by atoms with van der Waals surface area (Å²) >= 11 is 1.75. The Morgan fingerprint density at radius 1 is 1.54 bits per heavy atom. The standard InChI is InChI=1S/C9H17NO2S/c11-6-2-1-5-10-9(12)8-4-3-7-13-8/h8,11H,1-7H2,(H,10,12). The third kappa shape index (κ3) is 4.00. The van der Waals surface area contributed by atoms with Crippen LogP contribution in [0.1, 0.15) is 25.7 Å². The molecule has 1 rings (SSSR count). The maximum Gasteiger partial charge on any atom is 0.233 e. The zero-order valence-electron chi connectivity index (χ0n) is 7.79. The summed E-state index contributed by atoms with van der Waals surface area (Å²) in [6, 6.07) is 0. The van der Waals surface area contributed by atoms with Gasteiger partial charge in [0.1, 0.15) is 0 Å². The Morgan fingerprint density at radius 2 is 2.38 bits per heavy atom. The van der Waals surface area contributed by atoms with Crippen molar-refractivity contribution in [2.45, 2.75) is 30.9 Å². The predicted octanol–water partition coefficient (Wildman–Crippen LogP) is 0.771. The number of aliphatic hydroxyl groups is 1. The van der Waals surface area contributed by atoms with Gasteiger partial charge in [0.2, 0.25) is 5.91 Å². The second kappa shape index (κ2) is 6.27. The number of carbonyl (C=O) groups is 1. The summed E-state index contributed by atoms with van der Waals surface area (Å²) in [6.07, 6.45) is 3.84. The van der Waals surface area contributed by atoms with E-state index in [0.717, 1.165) is 25.0 Å². The zero-order chi connectivity index (χ0) is 9.52. The third-order valence-corrected chi connectivity index (χ3v) is 3.48. The lowest BCUT2D eigenvalue weighted by molar-refractivity contribution is -0.120. The molecule has 1 amide bonds. The SMILES string of the molecule is O=C(NCCCCO)C1CCCS1. The van der Waals surface area contributed by atoms with Gasteiger partial charge >= 0.3 is 0 Å². The lowest BCUT2D eigenvalue weighted by Crippen LogP contribution is -2.32. The molecular formula is C9H17NO2S. The minimum atomic E-state index is 0.181. The molecule has 0 aromatic carbocycles. The maximum atomic E-state index is 11.4. The van der Waals surface area contributed by atoms with Gasteiger partial charge in [-0.05, 0) is 31.4 Å². The van der Waals surface area contributed by atoms with E-state index in [0.29, 0.717) is 6.54 Å². The summed E-state index contributed by atoms with van der Waals surface area (Å²) in [5.74, 6) is 1.30. The van der Waals surface area contributed by atoms with Crippen LogP contribution in [0.25, 0.3) is 0 Å². The number of hydrogen-bond acceptors (Lipinski definition) is 3. The van der Waals surface area contributed by atoms with Crippen molar-refractivity contribution in [1.82, 2.24) is 5.32 Å². The van der Waals surface area contributed by atoms with Crippen molar-refractivity contribution >= 4 is 17.7 Å². The first kappa shape index (κ1) is 10.9. The van der Waals surface area contributed by atoms with Crippen LogP contribution >= 0.6 is 11.8 Å². The fourth-order valence-corrected chi connectivity index (χ4v) is 2.53. The average Bonchev–Trinajstić information content (AvgIpc) is 2.65. The largest absolute Gasteiger partial charge is 0.396 e. The monoisotopic (exact) mass is 203 g/mol. The van der Waals surface area contributed by atoms with Crippen LogP contribution in [0.2, 0.25) is 0 Å². The Labute approximate surface area is 83.3 Å². The van der Waals surface area contributed by atoms with E-state index >= 15 is 0 Å². The van der Waals surface area contributed by atoms with Crippen molar-refractivity contribution in [3.8, 4) is 0 Å². The molecule has 4 heteroatoms. The van der Waals surface area contributed by atoms with Gasteiger partial charge in [-0.25, -0.2) is 0 Å². The first-order valence-electron chi connectivity index (χ1n) is 4.85. The topological polar surface area (TPSA) is 49.3 Å². The fraction of sp³-hybridized carbons (Fsp3) is 0.889. The van der Waals surface area contributed by atoms with Crippen molar-refractivity contribution in [2.75, 3.05) is 18.9 Å². The smallest absolute Gasteiger partial charge is 0.233 e. The van der Waals surface area contributed by atoms with Gasteiger partial charge in [-0.1, -0.05) is 0 Å². The molecule has 0 saturated carbocycles. The Kier molecular flexibility index (Phi) is 5.23. The molecule has 76 valence electrons. The van der Waals surface area contributed by atoms with Crippen molar-refractivity contribution in [3.63, 3.8) is 0 Å². The van der Waals surface area contributed by atoms with E-state index in [1.165, 1.54) is 6.42 Å². The van der Waals surface area contributed by atoms with Crippen LogP contribution in [0.15, 0.2) is 0 Å². The first-order chi connectivity index (χ1) is 6.34. The number of thioether (sulfide) groups is 1. The summed E-state index contributed by atoms with van der Waals surface area (Å²) in [6.45, 7) is 0.921. The molecule has 2 N–H and O–H groups in total. The van der Waals surface area contributed by atoms with Crippen molar-refractivity contribution < 1.29 is 9.90 Å². The second-order valence-corrected chi connectivity index (χ2v) is 4.53. The molecule has 0 bridgehead atoms. The van der Waals surface area contributed by atoms with Gasteiger partial charge in [-0.15, -0.1) is 11.8 Å². The quantitative estimate of drug-likeness (QED) is 0.649. The molecular weight excluding hydrogens is 186 g/mol. The first-order valence-corrected chi connectivity index (χ1v) is 5.89. The van der Waals surface area contributed by atoms with Gasteiger partial charge in [-0.2, -0.15) is 0 Å². The number of aliphatic hydroxyl groups excluding tert-OH is 1. The number of carbonyl (C=O) groups excluding carboxylic acids is 1. The van der Waals surface area contributed by atoms with Gasteiger partial charge in [0.05, 0.1) is 5.25 Å². The van der Waals surface area contributed by atoms with Gasteiger partial charge in [0.25, 0.3) is 0 Å². The summed E-state index contributed by atoms with van der Waals surface area (Å²) in [5, 5.41) is 11.6. The highest BCUT2D eigenvalue weighted by Crippen LogP contribution is 2.25. The third-order valence-electron chi connectivity index (χ3n) is 2.11. The molecule has 1 unspecified atom stereocenters. The second-order valence-electron chi connectivity index (χ2n) is 3.22. The van der Waals surface area contributed by atoms with Crippen LogP contribution in [0.4, 0.5) is 0 Å². The number of rotatable bonds is 5. The van der Waals surface area contributed by atoms with Gasteiger partial charge in [-0.3, -0.25) is 4.79 Å². The van der Waals surface area contributed by atoms with Crippen LogP contribution in [-0.2, 0) is 4.79 Å². The fourth-order valence-electron chi connectivity index (χ4n) is 1.35. The molecule has 0 spiro atoms. The highest BCUT2D eigenvalue weighted by molar-refractivity contribution is 8.00. The van der Waals surface area contributed by atoms with Crippen LogP contribution in [0.5, 0.6) is 0 Å². The molecule has 0 aromatic heterocycles. The van der Waals surface area contributed by atoms with Crippen molar-refractivity contribution in [2.24, 2.45) is 0 Å². The van der Waals surface area contributed by atoms with Crippen molar-refractivity contribution in [3.05, 3.63) is 0 Å². The van der Waals surface area contributed by atoms with E-state index < -0.39 is 0 Å². The maximum absolute atomic E-state index is 11.4. The molecule has 0 aromatic rings. The average molecular weight is 203 g/mol. The van der Waals surface area contributed by atoms with Crippen LogP contribution in [0, 0.1) is 0 Å². The molecule has 1 aliphatic rings. The van der Waals surface area contributed by atoms with Crippen molar-refractivity contribution in [1.29, 1.82) is 0 Å². The molecule has 1 aliphatic heterocycles. The Morgan fingerprint density at radius 3 is 3.00 bits per heavy atom. The van der Waals surface area contributed by atoms with E-state index in [1.54, 1.807) is 11.8 Å². The number of nitrogens with one attached hydrogen (secondary N) is 1. The zero-order valence-corrected chi connectivity index (χ0v) is 8.61. The Balaban J connectivity index is 2.03. The summed E-state index contributed by atoms with van der Waals surface area (Å²) in [5.41, 5.74) is 0. The molecule has 1 atom stereocenters. The van der Waals surface area contributed by atoms with Gasteiger partial charge < -0.3 is 10.4 Å². The predicted molar refractivity (Wildman–Crippen MR) is 54.8 cm³/mol. The van der Waals surface area contributed by atoms with Gasteiger partial charge in [0, 0.05) is 13.2 Å². The number of unbranched alkanes of at least 4 members (excludes halogenated alkanes) is 1. The number of hydrogen-bond donors (Lipinski definition) is 2. The summed E-state index contributed by atoms with van der Waals surface area (Å²) in [7, 11) is 0. The highest BCUT2D eigenvalue weighted by Gasteiger charge is 2.22. The van der Waals surface area contributed by atoms with E-state index in [9.17, 15) is 4.79 Å². The van der Waals surface area contributed by atoms with Gasteiger partial charge in [0.15, 0.2) is 0 Å². The molecule has 0 radical (unpaired) electrons.